The van der Waals surface area contributed by atoms with Crippen LogP contribution in [0.3, 0.4) is 0 Å². The van der Waals surface area contributed by atoms with Gasteiger partial charge < -0.3 is 11.1 Å². The Morgan fingerprint density at radius 2 is 1.85 bits per heavy atom. The van der Waals surface area contributed by atoms with Crippen molar-refractivity contribution in [1.29, 1.82) is 0 Å². The van der Waals surface area contributed by atoms with Crippen molar-refractivity contribution in [3.63, 3.8) is 0 Å². The van der Waals surface area contributed by atoms with Gasteiger partial charge in [0.2, 0.25) is 5.91 Å². The Kier molecular flexibility index (Phi) is 5.12. The van der Waals surface area contributed by atoms with E-state index in [9.17, 15) is 9.18 Å². The van der Waals surface area contributed by atoms with E-state index in [0.29, 0.717) is 13.1 Å². The van der Waals surface area contributed by atoms with Crippen molar-refractivity contribution >= 4 is 5.91 Å². The average molecular weight is 278 g/mol. The maximum absolute atomic E-state index is 13.1. The second kappa shape index (κ2) is 6.84. The van der Waals surface area contributed by atoms with Crippen LogP contribution in [0.15, 0.2) is 24.3 Å². The first-order valence-corrected chi connectivity index (χ1v) is 7.43. The minimum absolute atomic E-state index is 0.0821. The number of carbonyl (C=O) groups excluding carboxylic acids is 1. The number of carbonyl (C=O) groups is 1. The number of nitrogens with one attached hydrogen (secondary N) is 1. The smallest absolute Gasteiger partial charge is 0.230 e. The third-order valence-corrected chi connectivity index (χ3v) is 4.21. The normalized spacial score (nSPS) is 17.1. The van der Waals surface area contributed by atoms with Gasteiger partial charge in [-0.15, -0.1) is 0 Å². The molecule has 0 heterocycles. The molecule has 1 saturated carbocycles. The number of nitrogens with two attached hydrogens (primary N) is 1. The Labute approximate surface area is 119 Å². The van der Waals surface area contributed by atoms with Crippen LogP contribution in [0.4, 0.5) is 4.39 Å². The van der Waals surface area contributed by atoms with E-state index in [4.69, 9.17) is 5.73 Å². The largest absolute Gasteiger partial charge is 0.355 e. The summed E-state index contributed by atoms with van der Waals surface area (Å²) >= 11 is 0. The molecule has 1 amide bonds. The van der Waals surface area contributed by atoms with Crippen molar-refractivity contribution in [2.45, 2.75) is 43.9 Å². The number of amides is 1. The first-order chi connectivity index (χ1) is 9.69. The summed E-state index contributed by atoms with van der Waals surface area (Å²) in [6, 6.07) is 6.38. The number of unbranched alkanes of at least 4 members (excludes halogenated alkanes) is 1. The van der Waals surface area contributed by atoms with Gasteiger partial charge >= 0.3 is 0 Å². The molecule has 1 fully saturated rings. The first kappa shape index (κ1) is 15.0. The molecular weight excluding hydrogens is 255 g/mol. The van der Waals surface area contributed by atoms with E-state index >= 15 is 0 Å². The summed E-state index contributed by atoms with van der Waals surface area (Å²) in [4.78, 5) is 12.6. The molecule has 0 bridgehead atoms. The van der Waals surface area contributed by atoms with Crippen LogP contribution < -0.4 is 11.1 Å². The highest BCUT2D eigenvalue weighted by Gasteiger charge is 2.42. The molecule has 3 nitrogen and oxygen atoms in total. The molecule has 0 spiro atoms. The van der Waals surface area contributed by atoms with E-state index in [0.717, 1.165) is 44.1 Å². The van der Waals surface area contributed by atoms with E-state index in [2.05, 4.69) is 5.32 Å². The van der Waals surface area contributed by atoms with Gasteiger partial charge in [0, 0.05) is 6.54 Å². The highest BCUT2D eigenvalue weighted by Crippen LogP contribution is 2.41. The van der Waals surface area contributed by atoms with Gasteiger partial charge in [-0.1, -0.05) is 25.0 Å². The molecule has 0 unspecified atom stereocenters. The van der Waals surface area contributed by atoms with Crippen LogP contribution in [0, 0.1) is 5.82 Å². The van der Waals surface area contributed by atoms with Gasteiger partial charge in [-0.2, -0.15) is 0 Å². The summed E-state index contributed by atoms with van der Waals surface area (Å²) in [5.41, 5.74) is 5.93. The lowest BCUT2D eigenvalue weighted by molar-refractivity contribution is -0.126. The highest BCUT2D eigenvalue weighted by atomic mass is 19.1. The molecular formula is C16H23FN2O. The zero-order valence-electron chi connectivity index (χ0n) is 11.8. The summed E-state index contributed by atoms with van der Waals surface area (Å²) in [6.45, 7) is 1.32. The van der Waals surface area contributed by atoms with Gasteiger partial charge in [-0.3, -0.25) is 4.79 Å². The summed E-state index contributed by atoms with van der Waals surface area (Å²) in [7, 11) is 0. The standard InChI is InChI=1S/C16H23FN2O/c17-14-7-5-13(6-8-14)16(9-1-2-10-16)15(20)19-12-4-3-11-18/h5-8H,1-4,9-12,18H2,(H,19,20). The minimum Gasteiger partial charge on any atom is -0.355 e. The molecule has 2 rings (SSSR count). The predicted molar refractivity (Wildman–Crippen MR) is 77.8 cm³/mol. The molecule has 110 valence electrons. The molecule has 0 atom stereocenters. The molecule has 0 radical (unpaired) electrons. The van der Waals surface area contributed by atoms with Gasteiger partial charge in [0.25, 0.3) is 0 Å². The monoisotopic (exact) mass is 278 g/mol. The summed E-state index contributed by atoms with van der Waals surface area (Å²) < 4.78 is 13.1. The van der Waals surface area contributed by atoms with Gasteiger partial charge in [-0.05, 0) is 49.9 Å². The van der Waals surface area contributed by atoms with Crippen molar-refractivity contribution in [1.82, 2.24) is 5.32 Å². The maximum Gasteiger partial charge on any atom is 0.230 e. The van der Waals surface area contributed by atoms with Crippen molar-refractivity contribution in [3.8, 4) is 0 Å². The zero-order chi connectivity index (χ0) is 14.4. The van der Waals surface area contributed by atoms with Crippen molar-refractivity contribution in [3.05, 3.63) is 35.6 Å². The van der Waals surface area contributed by atoms with E-state index in [1.165, 1.54) is 12.1 Å². The highest BCUT2D eigenvalue weighted by molar-refractivity contribution is 5.88. The molecule has 1 aromatic rings. The molecule has 4 heteroatoms. The fourth-order valence-electron chi connectivity index (χ4n) is 3.03. The van der Waals surface area contributed by atoms with Crippen LogP contribution in [0.25, 0.3) is 0 Å². The second-order valence-electron chi connectivity index (χ2n) is 5.55. The summed E-state index contributed by atoms with van der Waals surface area (Å²) in [5.74, 6) is -0.177. The van der Waals surface area contributed by atoms with Gasteiger partial charge in [-0.25, -0.2) is 4.39 Å². The van der Waals surface area contributed by atoms with Crippen LogP contribution in [-0.2, 0) is 10.2 Å². The zero-order valence-corrected chi connectivity index (χ0v) is 11.8. The lowest BCUT2D eigenvalue weighted by Gasteiger charge is -2.28. The fourth-order valence-corrected chi connectivity index (χ4v) is 3.03. The van der Waals surface area contributed by atoms with E-state index in [1.807, 2.05) is 0 Å². The van der Waals surface area contributed by atoms with Gasteiger partial charge in [0.05, 0.1) is 5.41 Å². The number of rotatable bonds is 6. The molecule has 1 aliphatic rings. The third-order valence-electron chi connectivity index (χ3n) is 4.21. The quantitative estimate of drug-likeness (QED) is 0.786. The molecule has 3 N–H and O–H groups in total. The number of halogens is 1. The van der Waals surface area contributed by atoms with Crippen LogP contribution in [0.2, 0.25) is 0 Å². The Morgan fingerprint density at radius 3 is 2.45 bits per heavy atom. The molecule has 0 aliphatic heterocycles. The number of hydrogen-bond donors (Lipinski definition) is 2. The Bertz CT molecular complexity index is 438. The van der Waals surface area contributed by atoms with Crippen molar-refractivity contribution in [2.75, 3.05) is 13.1 Å². The lowest BCUT2D eigenvalue weighted by atomic mass is 9.78. The SMILES string of the molecule is NCCCCNC(=O)C1(c2ccc(F)cc2)CCCC1. The van der Waals surface area contributed by atoms with Crippen LogP contribution >= 0.6 is 0 Å². The van der Waals surface area contributed by atoms with Crippen LogP contribution in [0.1, 0.15) is 44.1 Å². The van der Waals surface area contributed by atoms with E-state index in [1.54, 1.807) is 12.1 Å². The third kappa shape index (κ3) is 3.18. The van der Waals surface area contributed by atoms with Crippen molar-refractivity contribution in [2.24, 2.45) is 5.73 Å². The van der Waals surface area contributed by atoms with Gasteiger partial charge in [0.1, 0.15) is 5.82 Å². The molecule has 1 aromatic carbocycles. The topological polar surface area (TPSA) is 55.1 Å². The summed E-state index contributed by atoms with van der Waals surface area (Å²) in [6.07, 6.45) is 5.62. The molecule has 20 heavy (non-hydrogen) atoms. The fraction of sp³-hybridized carbons (Fsp3) is 0.562. The predicted octanol–water partition coefficient (Wildman–Crippen LogP) is 2.49. The molecule has 0 saturated heterocycles. The lowest BCUT2D eigenvalue weighted by Crippen LogP contribution is -2.43. The molecule has 1 aliphatic carbocycles. The van der Waals surface area contributed by atoms with E-state index in [-0.39, 0.29) is 11.7 Å². The number of hydrogen-bond acceptors (Lipinski definition) is 2. The van der Waals surface area contributed by atoms with E-state index < -0.39 is 5.41 Å². The second-order valence-corrected chi connectivity index (χ2v) is 5.55. The maximum atomic E-state index is 13.1. The minimum atomic E-state index is -0.462. The average Bonchev–Trinajstić information content (AvgIpc) is 2.95. The number of benzene rings is 1. The Hall–Kier alpha value is -1.42. The Balaban J connectivity index is 2.09. The van der Waals surface area contributed by atoms with Crippen LogP contribution in [-0.4, -0.2) is 19.0 Å². The molecule has 0 aromatic heterocycles. The van der Waals surface area contributed by atoms with Crippen molar-refractivity contribution < 1.29 is 9.18 Å². The summed E-state index contributed by atoms with van der Waals surface area (Å²) in [5, 5.41) is 3.03. The van der Waals surface area contributed by atoms with Gasteiger partial charge in [0.15, 0.2) is 0 Å². The Morgan fingerprint density at radius 1 is 1.20 bits per heavy atom. The first-order valence-electron chi connectivity index (χ1n) is 7.43. The van der Waals surface area contributed by atoms with Crippen LogP contribution in [0.5, 0.6) is 0 Å².